The molecule has 1 aromatic rings. The van der Waals surface area contributed by atoms with Gasteiger partial charge in [0.2, 0.25) is 11.8 Å². The zero-order valence-electron chi connectivity index (χ0n) is 14.9. The van der Waals surface area contributed by atoms with E-state index < -0.39 is 6.04 Å². The predicted octanol–water partition coefficient (Wildman–Crippen LogP) is 1.71. The Morgan fingerprint density at radius 2 is 1.79 bits per heavy atom. The van der Waals surface area contributed by atoms with Gasteiger partial charge in [0.25, 0.3) is 0 Å². The molecule has 1 aliphatic rings. The summed E-state index contributed by atoms with van der Waals surface area (Å²) in [5.74, 6) is 0.0499. The van der Waals surface area contributed by atoms with Gasteiger partial charge in [-0.15, -0.1) is 0 Å². The molecule has 0 aromatic heterocycles. The summed E-state index contributed by atoms with van der Waals surface area (Å²) in [7, 11) is 0. The van der Waals surface area contributed by atoms with Crippen LogP contribution in [-0.4, -0.2) is 41.9 Å². The fraction of sp³-hybridized carbons (Fsp3) is 0.579. The summed E-state index contributed by atoms with van der Waals surface area (Å²) in [5, 5.41) is 3.08. The molecule has 1 fully saturated rings. The van der Waals surface area contributed by atoms with Crippen LogP contribution in [0.5, 0.6) is 0 Å². The number of hydrogen-bond donors (Lipinski definition) is 2. The second kappa shape index (κ2) is 7.79. The standard InChI is InChI=1S/C19H29N3O2/c1-19(2,3)17(20)18(24)22-11-9-15(10-12-22)21-16(23)13-14-7-5-4-6-8-14/h4-8,15,17H,9-13,20H2,1-3H3,(H,21,23)/t17-/m1/s1. The number of nitrogens with one attached hydrogen (secondary N) is 1. The fourth-order valence-corrected chi connectivity index (χ4v) is 2.87. The van der Waals surface area contributed by atoms with E-state index in [1.54, 1.807) is 0 Å². The van der Waals surface area contributed by atoms with Gasteiger partial charge in [0.05, 0.1) is 12.5 Å². The van der Waals surface area contributed by atoms with Crippen LogP contribution in [0.4, 0.5) is 0 Å². The molecule has 2 amide bonds. The maximum atomic E-state index is 12.4. The summed E-state index contributed by atoms with van der Waals surface area (Å²) in [4.78, 5) is 26.4. The number of rotatable bonds is 4. The molecular formula is C19H29N3O2. The van der Waals surface area contributed by atoms with Crippen LogP contribution in [0, 0.1) is 5.41 Å². The number of amides is 2. The van der Waals surface area contributed by atoms with Gasteiger partial charge in [-0.05, 0) is 23.8 Å². The summed E-state index contributed by atoms with van der Waals surface area (Å²) in [6.45, 7) is 7.24. The first-order valence-electron chi connectivity index (χ1n) is 8.65. The van der Waals surface area contributed by atoms with Gasteiger partial charge in [-0.2, -0.15) is 0 Å². The molecule has 1 heterocycles. The largest absolute Gasteiger partial charge is 0.353 e. The Labute approximate surface area is 144 Å². The maximum absolute atomic E-state index is 12.4. The smallest absolute Gasteiger partial charge is 0.240 e. The van der Waals surface area contributed by atoms with Crippen LogP contribution in [0.1, 0.15) is 39.2 Å². The van der Waals surface area contributed by atoms with Crippen molar-refractivity contribution in [3.63, 3.8) is 0 Å². The van der Waals surface area contributed by atoms with E-state index in [-0.39, 0.29) is 23.3 Å². The van der Waals surface area contributed by atoms with Crippen LogP contribution < -0.4 is 11.1 Å². The van der Waals surface area contributed by atoms with Gasteiger partial charge in [-0.25, -0.2) is 0 Å². The number of nitrogens with zero attached hydrogens (tertiary/aromatic N) is 1. The van der Waals surface area contributed by atoms with Gasteiger partial charge in [-0.1, -0.05) is 51.1 Å². The highest BCUT2D eigenvalue weighted by Crippen LogP contribution is 2.21. The minimum atomic E-state index is -0.485. The number of likely N-dealkylation sites (tertiary alicyclic amines) is 1. The Morgan fingerprint density at radius 3 is 2.33 bits per heavy atom. The van der Waals surface area contributed by atoms with Crippen molar-refractivity contribution in [1.29, 1.82) is 0 Å². The molecule has 1 aromatic carbocycles. The lowest BCUT2D eigenvalue weighted by Gasteiger charge is -2.36. The van der Waals surface area contributed by atoms with E-state index in [1.807, 2.05) is 56.0 Å². The molecule has 0 aliphatic carbocycles. The molecule has 0 bridgehead atoms. The van der Waals surface area contributed by atoms with Crippen molar-refractivity contribution in [2.75, 3.05) is 13.1 Å². The molecule has 1 saturated heterocycles. The Kier molecular flexibility index (Phi) is 5.99. The number of piperidine rings is 1. The third-order valence-electron chi connectivity index (χ3n) is 4.58. The lowest BCUT2D eigenvalue weighted by Crippen LogP contribution is -2.54. The first-order valence-corrected chi connectivity index (χ1v) is 8.65. The van der Waals surface area contributed by atoms with Crippen molar-refractivity contribution in [3.8, 4) is 0 Å². The SMILES string of the molecule is CC(C)(C)[C@H](N)C(=O)N1CCC(NC(=O)Cc2ccccc2)CC1. The summed E-state index contributed by atoms with van der Waals surface area (Å²) in [6.07, 6.45) is 1.96. The van der Waals surface area contributed by atoms with Crippen molar-refractivity contribution in [3.05, 3.63) is 35.9 Å². The van der Waals surface area contributed by atoms with Crippen LogP contribution in [0.25, 0.3) is 0 Å². The average molecular weight is 331 g/mol. The third kappa shape index (κ3) is 5.06. The number of carbonyl (C=O) groups is 2. The van der Waals surface area contributed by atoms with Gasteiger partial charge in [0, 0.05) is 19.1 Å². The van der Waals surface area contributed by atoms with E-state index >= 15 is 0 Å². The molecule has 132 valence electrons. The first-order chi connectivity index (χ1) is 11.3. The molecule has 3 N–H and O–H groups in total. The minimum absolute atomic E-state index is 0.0107. The van der Waals surface area contributed by atoms with Crippen LogP contribution in [0.15, 0.2) is 30.3 Å². The molecular weight excluding hydrogens is 302 g/mol. The van der Waals surface area contributed by atoms with Crippen LogP contribution in [0.3, 0.4) is 0 Å². The Morgan fingerprint density at radius 1 is 1.21 bits per heavy atom. The zero-order chi connectivity index (χ0) is 17.7. The highest BCUT2D eigenvalue weighted by molar-refractivity contribution is 5.82. The van der Waals surface area contributed by atoms with Crippen molar-refractivity contribution >= 4 is 11.8 Å². The predicted molar refractivity (Wildman–Crippen MR) is 95.3 cm³/mol. The fourth-order valence-electron chi connectivity index (χ4n) is 2.87. The molecule has 2 rings (SSSR count). The molecule has 0 radical (unpaired) electrons. The second-order valence-electron chi connectivity index (χ2n) is 7.67. The van der Waals surface area contributed by atoms with Gasteiger partial charge in [0.1, 0.15) is 0 Å². The molecule has 0 unspecified atom stereocenters. The molecule has 1 aliphatic heterocycles. The Bertz CT molecular complexity index is 558. The van der Waals surface area contributed by atoms with Gasteiger partial charge >= 0.3 is 0 Å². The maximum Gasteiger partial charge on any atom is 0.240 e. The first kappa shape index (κ1) is 18.5. The number of hydrogen-bond acceptors (Lipinski definition) is 3. The van der Waals surface area contributed by atoms with Crippen LogP contribution in [-0.2, 0) is 16.0 Å². The summed E-state index contributed by atoms with van der Waals surface area (Å²) < 4.78 is 0. The molecule has 24 heavy (non-hydrogen) atoms. The van der Waals surface area contributed by atoms with Crippen molar-refractivity contribution in [2.24, 2.45) is 11.1 Å². The Hall–Kier alpha value is -1.88. The van der Waals surface area contributed by atoms with Crippen LogP contribution >= 0.6 is 0 Å². The van der Waals surface area contributed by atoms with Crippen molar-refractivity contribution < 1.29 is 9.59 Å². The van der Waals surface area contributed by atoms with Crippen molar-refractivity contribution in [2.45, 2.75) is 52.1 Å². The third-order valence-corrected chi connectivity index (χ3v) is 4.58. The van der Waals surface area contributed by atoms with Crippen molar-refractivity contribution in [1.82, 2.24) is 10.2 Å². The summed E-state index contributed by atoms with van der Waals surface area (Å²) in [6, 6.07) is 9.37. The van der Waals surface area contributed by atoms with E-state index in [2.05, 4.69) is 5.32 Å². The quantitative estimate of drug-likeness (QED) is 0.882. The van der Waals surface area contributed by atoms with E-state index in [9.17, 15) is 9.59 Å². The van der Waals surface area contributed by atoms with Crippen LogP contribution in [0.2, 0.25) is 0 Å². The minimum Gasteiger partial charge on any atom is -0.353 e. The second-order valence-corrected chi connectivity index (χ2v) is 7.67. The highest BCUT2D eigenvalue weighted by Gasteiger charge is 2.33. The van der Waals surface area contributed by atoms with Gasteiger partial charge in [-0.3, -0.25) is 9.59 Å². The number of benzene rings is 1. The molecule has 5 heteroatoms. The average Bonchev–Trinajstić information content (AvgIpc) is 2.54. The van der Waals surface area contributed by atoms with Gasteiger partial charge in [0.15, 0.2) is 0 Å². The monoisotopic (exact) mass is 331 g/mol. The Balaban J connectivity index is 1.78. The lowest BCUT2D eigenvalue weighted by molar-refractivity contribution is -0.136. The molecule has 0 spiro atoms. The van der Waals surface area contributed by atoms with E-state index in [0.717, 1.165) is 18.4 Å². The number of carbonyl (C=O) groups excluding carboxylic acids is 2. The van der Waals surface area contributed by atoms with E-state index in [0.29, 0.717) is 19.5 Å². The molecule has 1 atom stereocenters. The van der Waals surface area contributed by atoms with E-state index in [4.69, 9.17) is 5.73 Å². The van der Waals surface area contributed by atoms with Gasteiger partial charge < -0.3 is 16.0 Å². The zero-order valence-corrected chi connectivity index (χ0v) is 14.9. The molecule has 5 nitrogen and oxygen atoms in total. The van der Waals surface area contributed by atoms with E-state index in [1.165, 1.54) is 0 Å². The summed E-state index contributed by atoms with van der Waals surface area (Å²) >= 11 is 0. The normalized spacial score (nSPS) is 17.4. The highest BCUT2D eigenvalue weighted by atomic mass is 16.2. The topological polar surface area (TPSA) is 75.4 Å². The molecule has 0 saturated carbocycles. The lowest BCUT2D eigenvalue weighted by atomic mass is 9.86. The summed E-state index contributed by atoms with van der Waals surface area (Å²) in [5.41, 5.74) is 6.84. The number of nitrogens with two attached hydrogens (primary N) is 1.